The predicted octanol–water partition coefficient (Wildman–Crippen LogP) is 4.59. The minimum absolute atomic E-state index is 0.176. The van der Waals surface area contributed by atoms with Gasteiger partial charge in [-0.25, -0.2) is 0 Å². The number of methoxy groups -OCH3 is 1. The van der Waals surface area contributed by atoms with Crippen molar-refractivity contribution in [2.75, 3.05) is 23.9 Å². The number of anilines is 2. The number of nitrogens with one attached hydrogen (secondary N) is 2. The van der Waals surface area contributed by atoms with Crippen LogP contribution in [-0.2, 0) is 9.59 Å². The van der Waals surface area contributed by atoms with E-state index in [0.29, 0.717) is 33.6 Å². The van der Waals surface area contributed by atoms with Gasteiger partial charge in [-0.3, -0.25) is 14.5 Å². The Kier molecular flexibility index (Phi) is 7.12. The molecule has 1 aliphatic heterocycles. The van der Waals surface area contributed by atoms with Gasteiger partial charge >= 0.3 is 0 Å². The maximum Gasteiger partial charge on any atom is 0.281 e. The number of amides is 2. The van der Waals surface area contributed by atoms with Gasteiger partial charge in [-0.1, -0.05) is 36.4 Å². The lowest BCUT2D eigenvalue weighted by Gasteiger charge is -2.14. The lowest BCUT2D eigenvalue weighted by atomic mass is 10.1. The molecule has 3 aromatic rings. The van der Waals surface area contributed by atoms with E-state index >= 15 is 0 Å². The summed E-state index contributed by atoms with van der Waals surface area (Å²) in [5.41, 5.74) is 4.51. The van der Waals surface area contributed by atoms with E-state index in [4.69, 9.17) is 21.7 Å². The van der Waals surface area contributed by atoms with E-state index in [-0.39, 0.29) is 18.4 Å². The molecule has 3 aromatic carbocycles. The first-order chi connectivity index (χ1) is 16.9. The van der Waals surface area contributed by atoms with Gasteiger partial charge in [0.2, 0.25) is 0 Å². The maximum absolute atomic E-state index is 13.0. The fourth-order valence-electron chi connectivity index (χ4n) is 3.64. The highest BCUT2D eigenvalue weighted by Gasteiger charge is 2.32. The van der Waals surface area contributed by atoms with Crippen molar-refractivity contribution in [2.45, 2.75) is 13.8 Å². The van der Waals surface area contributed by atoms with Crippen LogP contribution in [0.2, 0.25) is 0 Å². The number of hydrogen-bond acceptors (Lipinski definition) is 5. The zero-order chi connectivity index (χ0) is 24.9. The zero-order valence-corrected chi connectivity index (χ0v) is 20.4. The van der Waals surface area contributed by atoms with Crippen molar-refractivity contribution in [3.05, 3.63) is 89.1 Å². The summed E-state index contributed by atoms with van der Waals surface area (Å²) in [4.78, 5) is 26.8. The monoisotopic (exact) mass is 487 g/mol. The molecule has 1 heterocycles. The number of carbonyl (C=O) groups excluding carboxylic acids is 2. The number of ether oxygens (including phenoxy) is 2. The Hall–Kier alpha value is -4.17. The molecule has 0 atom stereocenters. The standard InChI is InChI=1S/C27H25N3O4S/c1-17-7-6-9-20(13-17)30-26(32)22(29-27(30)35)14-19-11-12-23(24(15-19)33-3)34-16-25(31)28-21-10-5-4-8-18(21)2/h4-15H,16H2,1-3H3,(H,28,31)(H,29,35)/b22-14+. The van der Waals surface area contributed by atoms with Gasteiger partial charge in [0.05, 0.1) is 12.8 Å². The largest absolute Gasteiger partial charge is 0.493 e. The van der Waals surface area contributed by atoms with E-state index in [1.54, 1.807) is 24.3 Å². The minimum atomic E-state index is -0.280. The molecule has 1 aliphatic rings. The summed E-state index contributed by atoms with van der Waals surface area (Å²) in [5, 5.41) is 6.13. The molecule has 0 aromatic heterocycles. The van der Waals surface area contributed by atoms with E-state index in [2.05, 4.69) is 10.6 Å². The lowest BCUT2D eigenvalue weighted by Crippen LogP contribution is -2.30. The molecule has 7 nitrogen and oxygen atoms in total. The summed E-state index contributed by atoms with van der Waals surface area (Å²) < 4.78 is 11.1. The number of nitrogens with zero attached hydrogens (tertiary/aromatic N) is 1. The van der Waals surface area contributed by atoms with Crippen LogP contribution < -0.4 is 25.0 Å². The van der Waals surface area contributed by atoms with Crippen molar-refractivity contribution in [1.82, 2.24) is 5.32 Å². The second-order valence-corrected chi connectivity index (χ2v) is 8.42. The van der Waals surface area contributed by atoms with Gasteiger partial charge in [-0.2, -0.15) is 0 Å². The Balaban J connectivity index is 1.46. The normalized spacial score (nSPS) is 14.1. The second-order valence-electron chi connectivity index (χ2n) is 8.03. The van der Waals surface area contributed by atoms with E-state index in [0.717, 1.165) is 16.8 Å². The molecule has 0 saturated carbocycles. The molecule has 2 amide bonds. The molecular weight excluding hydrogens is 462 g/mol. The number of benzene rings is 3. The SMILES string of the molecule is COc1cc(/C=C2/NC(=S)N(c3cccc(C)c3)C2=O)ccc1OCC(=O)Nc1ccccc1C. The molecule has 178 valence electrons. The van der Waals surface area contributed by atoms with Crippen LogP contribution in [-0.4, -0.2) is 30.6 Å². The van der Waals surface area contributed by atoms with Crippen molar-refractivity contribution < 1.29 is 19.1 Å². The number of rotatable bonds is 7. The Labute approximate surface area is 209 Å². The zero-order valence-electron chi connectivity index (χ0n) is 19.6. The molecule has 1 saturated heterocycles. The first kappa shape index (κ1) is 24.0. The van der Waals surface area contributed by atoms with Crippen LogP contribution >= 0.6 is 12.2 Å². The summed E-state index contributed by atoms with van der Waals surface area (Å²) in [6.45, 7) is 3.70. The van der Waals surface area contributed by atoms with Gasteiger partial charge in [-0.15, -0.1) is 0 Å². The third-order valence-corrected chi connectivity index (χ3v) is 5.70. The lowest BCUT2D eigenvalue weighted by molar-refractivity contribution is -0.118. The van der Waals surface area contributed by atoms with Crippen LogP contribution in [0.1, 0.15) is 16.7 Å². The summed E-state index contributed by atoms with van der Waals surface area (Å²) in [5.74, 6) is 0.328. The summed E-state index contributed by atoms with van der Waals surface area (Å²) >= 11 is 5.39. The van der Waals surface area contributed by atoms with Gasteiger partial charge in [0.1, 0.15) is 5.70 Å². The molecule has 0 bridgehead atoms. The van der Waals surface area contributed by atoms with Crippen LogP contribution in [0, 0.1) is 13.8 Å². The van der Waals surface area contributed by atoms with E-state index in [9.17, 15) is 9.59 Å². The molecule has 35 heavy (non-hydrogen) atoms. The van der Waals surface area contributed by atoms with Crippen LogP contribution in [0.3, 0.4) is 0 Å². The first-order valence-electron chi connectivity index (χ1n) is 11.0. The Morgan fingerprint density at radius 1 is 1.06 bits per heavy atom. The van der Waals surface area contributed by atoms with Gasteiger partial charge in [0, 0.05) is 5.69 Å². The van der Waals surface area contributed by atoms with Crippen LogP contribution in [0.4, 0.5) is 11.4 Å². The number of para-hydroxylation sites is 1. The van der Waals surface area contributed by atoms with E-state index in [1.807, 2.05) is 62.4 Å². The van der Waals surface area contributed by atoms with Crippen molar-refractivity contribution in [3.8, 4) is 11.5 Å². The van der Waals surface area contributed by atoms with Gasteiger partial charge in [0.25, 0.3) is 11.8 Å². The molecule has 0 spiro atoms. The topological polar surface area (TPSA) is 79.9 Å². The predicted molar refractivity (Wildman–Crippen MR) is 141 cm³/mol. The third-order valence-electron chi connectivity index (χ3n) is 5.41. The highest BCUT2D eigenvalue weighted by atomic mass is 32.1. The number of hydrogen-bond donors (Lipinski definition) is 2. The maximum atomic E-state index is 13.0. The average Bonchev–Trinajstić information content (AvgIpc) is 3.12. The van der Waals surface area contributed by atoms with E-state index in [1.165, 1.54) is 12.0 Å². The van der Waals surface area contributed by atoms with Crippen molar-refractivity contribution >= 4 is 46.6 Å². The highest BCUT2D eigenvalue weighted by molar-refractivity contribution is 7.80. The molecule has 0 unspecified atom stereocenters. The van der Waals surface area contributed by atoms with Crippen molar-refractivity contribution in [1.29, 1.82) is 0 Å². The average molecular weight is 488 g/mol. The molecule has 0 radical (unpaired) electrons. The molecule has 2 N–H and O–H groups in total. The van der Waals surface area contributed by atoms with E-state index < -0.39 is 0 Å². The molecule has 4 rings (SSSR count). The van der Waals surface area contributed by atoms with Gasteiger partial charge in [0.15, 0.2) is 23.2 Å². The fourth-order valence-corrected chi connectivity index (χ4v) is 3.94. The summed E-state index contributed by atoms with van der Waals surface area (Å²) in [6, 6.07) is 20.3. The Morgan fingerprint density at radius 3 is 2.60 bits per heavy atom. The van der Waals surface area contributed by atoms with Gasteiger partial charge < -0.3 is 20.1 Å². The number of aryl methyl sites for hydroxylation is 2. The third kappa shape index (κ3) is 5.50. The fraction of sp³-hybridized carbons (Fsp3) is 0.148. The Bertz CT molecular complexity index is 1340. The van der Waals surface area contributed by atoms with Crippen molar-refractivity contribution in [3.63, 3.8) is 0 Å². The highest BCUT2D eigenvalue weighted by Crippen LogP contribution is 2.30. The molecule has 0 aliphatic carbocycles. The summed E-state index contributed by atoms with van der Waals surface area (Å²) in [7, 11) is 1.51. The molecular formula is C27H25N3O4S. The van der Waals surface area contributed by atoms with Gasteiger partial charge in [-0.05, 0) is 79.2 Å². The quantitative estimate of drug-likeness (QED) is 0.375. The van der Waals surface area contributed by atoms with Crippen LogP contribution in [0.25, 0.3) is 6.08 Å². The summed E-state index contributed by atoms with van der Waals surface area (Å²) in [6.07, 6.45) is 1.70. The molecule has 8 heteroatoms. The first-order valence-corrected chi connectivity index (χ1v) is 11.4. The molecule has 1 fully saturated rings. The Morgan fingerprint density at radius 2 is 1.86 bits per heavy atom. The van der Waals surface area contributed by atoms with Crippen LogP contribution in [0.15, 0.2) is 72.4 Å². The minimum Gasteiger partial charge on any atom is -0.493 e. The number of thiocarbonyl (C=S) groups is 1. The van der Waals surface area contributed by atoms with Crippen molar-refractivity contribution in [2.24, 2.45) is 0 Å². The van der Waals surface area contributed by atoms with Crippen LogP contribution in [0.5, 0.6) is 11.5 Å². The smallest absolute Gasteiger partial charge is 0.281 e. The second kappa shape index (κ2) is 10.4. The number of carbonyl (C=O) groups is 2.